The Hall–Kier alpha value is -3.03. The molecule has 1 aromatic heterocycles. The molecule has 1 heterocycles. The van der Waals surface area contributed by atoms with E-state index in [4.69, 9.17) is 0 Å². The van der Waals surface area contributed by atoms with Crippen LogP contribution in [0.15, 0.2) is 35.1 Å². The van der Waals surface area contributed by atoms with Crippen LogP contribution in [-0.4, -0.2) is 46.1 Å². The number of aryl methyl sites for hydroxylation is 1. The van der Waals surface area contributed by atoms with Crippen LogP contribution < -0.4 is 10.7 Å². The summed E-state index contributed by atoms with van der Waals surface area (Å²) in [6.45, 7) is 5.54. The van der Waals surface area contributed by atoms with Gasteiger partial charge in [0.05, 0.1) is 6.54 Å². The summed E-state index contributed by atoms with van der Waals surface area (Å²) in [5.41, 5.74) is -0.409. The zero-order chi connectivity index (χ0) is 19.3. The Morgan fingerprint density at radius 2 is 1.96 bits per heavy atom. The minimum absolute atomic E-state index is 0.130. The van der Waals surface area contributed by atoms with Gasteiger partial charge in [0.1, 0.15) is 11.5 Å². The van der Waals surface area contributed by atoms with Gasteiger partial charge in [0, 0.05) is 24.8 Å². The first-order chi connectivity index (χ1) is 12.4. The SMILES string of the molecule is CCNC(=O)CN(CC)C(=O)c1nn(-c2ccccc2F)c(C)cc1=O. The highest BCUT2D eigenvalue weighted by molar-refractivity contribution is 5.94. The molecule has 1 aromatic carbocycles. The third kappa shape index (κ3) is 4.14. The molecule has 0 aliphatic carbocycles. The van der Waals surface area contributed by atoms with Gasteiger partial charge in [-0.05, 0) is 32.9 Å². The number of hydrogen-bond donors (Lipinski definition) is 1. The average molecular weight is 360 g/mol. The predicted octanol–water partition coefficient (Wildman–Crippen LogP) is 1.28. The predicted molar refractivity (Wildman–Crippen MR) is 94.8 cm³/mol. The van der Waals surface area contributed by atoms with E-state index in [0.717, 1.165) is 0 Å². The Morgan fingerprint density at radius 1 is 1.27 bits per heavy atom. The normalized spacial score (nSPS) is 10.5. The standard InChI is InChI=1S/C18H21FN4O3/c1-4-20-16(25)11-22(5-2)18(26)17-15(24)10-12(3)23(21-17)14-9-7-6-8-13(14)19/h6-10H,4-5,11H2,1-3H3,(H,20,25). The van der Waals surface area contributed by atoms with E-state index in [0.29, 0.717) is 12.2 Å². The second-order valence-corrected chi connectivity index (χ2v) is 5.63. The summed E-state index contributed by atoms with van der Waals surface area (Å²) in [4.78, 5) is 37.9. The number of amides is 2. The number of carbonyl (C=O) groups is 2. The lowest BCUT2D eigenvalue weighted by molar-refractivity contribution is -0.121. The lowest BCUT2D eigenvalue weighted by Gasteiger charge is -2.20. The van der Waals surface area contributed by atoms with Crippen LogP contribution in [0.5, 0.6) is 0 Å². The van der Waals surface area contributed by atoms with Gasteiger partial charge >= 0.3 is 0 Å². The molecule has 0 aliphatic rings. The number of para-hydroxylation sites is 1. The Kier molecular flexibility index (Phi) is 6.21. The van der Waals surface area contributed by atoms with Gasteiger partial charge in [-0.25, -0.2) is 9.07 Å². The minimum atomic E-state index is -0.672. The molecule has 1 N–H and O–H groups in total. The van der Waals surface area contributed by atoms with Crippen molar-refractivity contribution in [3.8, 4) is 5.69 Å². The fourth-order valence-electron chi connectivity index (χ4n) is 2.47. The zero-order valence-corrected chi connectivity index (χ0v) is 15.0. The van der Waals surface area contributed by atoms with E-state index in [1.165, 1.54) is 33.8 Å². The Balaban J connectivity index is 2.44. The molecule has 0 radical (unpaired) electrons. The minimum Gasteiger partial charge on any atom is -0.355 e. The maximum Gasteiger partial charge on any atom is 0.278 e. The molecule has 7 nitrogen and oxygen atoms in total. The van der Waals surface area contributed by atoms with Gasteiger partial charge in [-0.3, -0.25) is 14.4 Å². The first-order valence-corrected chi connectivity index (χ1v) is 8.30. The average Bonchev–Trinajstić information content (AvgIpc) is 2.60. The van der Waals surface area contributed by atoms with Crippen LogP contribution in [-0.2, 0) is 4.79 Å². The maximum absolute atomic E-state index is 14.1. The summed E-state index contributed by atoms with van der Waals surface area (Å²) in [6.07, 6.45) is 0. The second kappa shape index (κ2) is 8.37. The van der Waals surface area contributed by atoms with E-state index >= 15 is 0 Å². The molecule has 0 saturated carbocycles. The summed E-state index contributed by atoms with van der Waals surface area (Å²) in [7, 11) is 0. The van der Waals surface area contributed by atoms with Gasteiger partial charge in [0.15, 0.2) is 5.69 Å². The number of halogens is 1. The third-order valence-corrected chi connectivity index (χ3v) is 3.77. The highest BCUT2D eigenvalue weighted by atomic mass is 19.1. The fraction of sp³-hybridized carbons (Fsp3) is 0.333. The maximum atomic E-state index is 14.1. The smallest absolute Gasteiger partial charge is 0.278 e. The number of carbonyl (C=O) groups excluding carboxylic acids is 2. The molecule has 2 rings (SSSR count). The van der Waals surface area contributed by atoms with Gasteiger partial charge < -0.3 is 10.2 Å². The van der Waals surface area contributed by atoms with Crippen molar-refractivity contribution in [1.29, 1.82) is 0 Å². The molecular formula is C18H21FN4O3. The van der Waals surface area contributed by atoms with Gasteiger partial charge in [-0.1, -0.05) is 12.1 Å². The van der Waals surface area contributed by atoms with Crippen molar-refractivity contribution >= 4 is 11.8 Å². The van der Waals surface area contributed by atoms with Crippen molar-refractivity contribution < 1.29 is 14.0 Å². The topological polar surface area (TPSA) is 84.3 Å². The summed E-state index contributed by atoms with van der Waals surface area (Å²) >= 11 is 0. The van der Waals surface area contributed by atoms with Crippen LogP contribution in [0.25, 0.3) is 5.69 Å². The number of likely N-dealkylation sites (N-methyl/N-ethyl adjacent to an activating group) is 2. The first-order valence-electron chi connectivity index (χ1n) is 8.30. The molecule has 0 aliphatic heterocycles. The molecule has 8 heteroatoms. The van der Waals surface area contributed by atoms with Gasteiger partial charge in [0.25, 0.3) is 5.91 Å². The number of rotatable bonds is 6. The van der Waals surface area contributed by atoms with E-state index in [1.54, 1.807) is 26.8 Å². The van der Waals surface area contributed by atoms with Crippen LogP contribution >= 0.6 is 0 Å². The Labute approximate surface area is 150 Å². The van der Waals surface area contributed by atoms with Crippen LogP contribution in [0.3, 0.4) is 0 Å². The Morgan fingerprint density at radius 3 is 2.58 bits per heavy atom. The summed E-state index contributed by atoms with van der Waals surface area (Å²) in [6, 6.07) is 7.16. The fourth-order valence-corrected chi connectivity index (χ4v) is 2.47. The van der Waals surface area contributed by atoms with Crippen molar-refractivity contribution in [3.63, 3.8) is 0 Å². The highest BCUT2D eigenvalue weighted by Crippen LogP contribution is 2.13. The molecule has 0 spiro atoms. The van der Waals surface area contributed by atoms with Crippen LogP contribution in [0, 0.1) is 12.7 Å². The van der Waals surface area contributed by atoms with Gasteiger partial charge in [-0.2, -0.15) is 5.10 Å². The molecule has 0 saturated heterocycles. The van der Waals surface area contributed by atoms with Crippen molar-refractivity contribution in [2.75, 3.05) is 19.6 Å². The first kappa shape index (κ1) is 19.3. The second-order valence-electron chi connectivity index (χ2n) is 5.63. The Bertz CT molecular complexity index is 879. The number of hydrogen-bond acceptors (Lipinski definition) is 4. The summed E-state index contributed by atoms with van der Waals surface area (Å²) in [5.74, 6) is -1.53. The molecule has 0 unspecified atom stereocenters. The number of nitrogens with one attached hydrogen (secondary N) is 1. The molecule has 26 heavy (non-hydrogen) atoms. The number of aromatic nitrogens is 2. The third-order valence-electron chi connectivity index (χ3n) is 3.77. The number of benzene rings is 1. The van der Waals surface area contributed by atoms with E-state index < -0.39 is 17.2 Å². The highest BCUT2D eigenvalue weighted by Gasteiger charge is 2.23. The van der Waals surface area contributed by atoms with E-state index in [9.17, 15) is 18.8 Å². The molecule has 2 aromatic rings. The van der Waals surface area contributed by atoms with Crippen LogP contribution in [0.4, 0.5) is 4.39 Å². The molecule has 0 fully saturated rings. The molecule has 138 valence electrons. The quantitative estimate of drug-likeness (QED) is 0.841. The largest absolute Gasteiger partial charge is 0.355 e. The molecule has 0 bridgehead atoms. The zero-order valence-electron chi connectivity index (χ0n) is 15.0. The van der Waals surface area contributed by atoms with E-state index in [1.807, 2.05) is 0 Å². The lowest BCUT2D eigenvalue weighted by Crippen LogP contribution is -2.42. The van der Waals surface area contributed by atoms with E-state index in [-0.39, 0.29) is 30.4 Å². The molecular weight excluding hydrogens is 339 g/mol. The van der Waals surface area contributed by atoms with Crippen molar-refractivity contribution in [3.05, 3.63) is 57.8 Å². The van der Waals surface area contributed by atoms with Crippen molar-refractivity contribution in [2.45, 2.75) is 20.8 Å². The lowest BCUT2D eigenvalue weighted by atomic mass is 10.2. The van der Waals surface area contributed by atoms with Crippen LogP contribution in [0.1, 0.15) is 30.0 Å². The van der Waals surface area contributed by atoms with Crippen molar-refractivity contribution in [1.82, 2.24) is 20.0 Å². The van der Waals surface area contributed by atoms with Crippen LogP contribution in [0.2, 0.25) is 0 Å². The summed E-state index contributed by atoms with van der Waals surface area (Å²) < 4.78 is 15.3. The van der Waals surface area contributed by atoms with Gasteiger partial charge in [0.2, 0.25) is 11.3 Å². The number of nitrogens with zero attached hydrogens (tertiary/aromatic N) is 3. The van der Waals surface area contributed by atoms with Crippen molar-refractivity contribution in [2.24, 2.45) is 0 Å². The monoisotopic (exact) mass is 360 g/mol. The van der Waals surface area contributed by atoms with E-state index in [2.05, 4.69) is 10.4 Å². The summed E-state index contributed by atoms with van der Waals surface area (Å²) in [5, 5.41) is 6.67. The van der Waals surface area contributed by atoms with Gasteiger partial charge in [-0.15, -0.1) is 0 Å². The molecule has 0 atom stereocenters. The molecule has 2 amide bonds.